The fourth-order valence-electron chi connectivity index (χ4n) is 3.65. The van der Waals surface area contributed by atoms with Crippen molar-refractivity contribution in [2.75, 3.05) is 25.7 Å². The first-order chi connectivity index (χ1) is 15.1. The fraction of sp³-hybridized carbons (Fsp3) is 0.200. The lowest BCUT2D eigenvalue weighted by atomic mass is 10.1. The van der Waals surface area contributed by atoms with Crippen molar-refractivity contribution >= 4 is 17.5 Å². The van der Waals surface area contributed by atoms with Crippen molar-refractivity contribution in [1.82, 2.24) is 5.32 Å². The van der Waals surface area contributed by atoms with Gasteiger partial charge in [-0.2, -0.15) is 0 Å². The molecule has 0 bridgehead atoms. The highest BCUT2D eigenvalue weighted by Gasteiger charge is 2.26. The highest BCUT2D eigenvalue weighted by Crippen LogP contribution is 2.30. The predicted octanol–water partition coefficient (Wildman–Crippen LogP) is 3.84. The number of nitrogens with one attached hydrogen (secondary N) is 1. The predicted molar refractivity (Wildman–Crippen MR) is 119 cm³/mol. The molecular formula is C25H24N2O4. The summed E-state index contributed by atoms with van der Waals surface area (Å²) in [5, 5.41) is 2.94. The summed E-state index contributed by atoms with van der Waals surface area (Å²) in [6, 6.07) is 20.1. The Morgan fingerprint density at radius 2 is 1.48 bits per heavy atom. The average Bonchev–Trinajstić information content (AvgIpc) is 3.25. The van der Waals surface area contributed by atoms with Crippen LogP contribution in [0.2, 0.25) is 0 Å². The standard InChI is InChI=1S/C25H24N2O4/c1-30-21-9-3-17(4-10-21)16-26-24(28)20-6-5-18-13-14-27(23(18)15-20)25(29)19-7-11-22(31-2)12-8-19/h3-12,15H,13-14,16H2,1-2H3,(H,26,28). The van der Waals surface area contributed by atoms with E-state index in [1.54, 1.807) is 49.5 Å². The average molecular weight is 416 g/mol. The summed E-state index contributed by atoms with van der Waals surface area (Å²) in [6.45, 7) is 1.01. The van der Waals surface area contributed by atoms with Gasteiger partial charge in [-0.15, -0.1) is 0 Å². The number of carbonyl (C=O) groups excluding carboxylic acids is 2. The molecule has 0 aromatic heterocycles. The Kier molecular flexibility index (Phi) is 5.89. The van der Waals surface area contributed by atoms with Crippen molar-refractivity contribution < 1.29 is 19.1 Å². The maximum absolute atomic E-state index is 13.0. The van der Waals surface area contributed by atoms with Gasteiger partial charge in [0.2, 0.25) is 0 Å². The van der Waals surface area contributed by atoms with E-state index >= 15 is 0 Å². The SMILES string of the molecule is COc1ccc(CNC(=O)c2ccc3c(c2)N(C(=O)c2ccc(OC)cc2)CC3)cc1. The number of nitrogens with zero attached hydrogens (tertiary/aromatic N) is 1. The number of methoxy groups -OCH3 is 2. The number of hydrogen-bond acceptors (Lipinski definition) is 4. The van der Waals surface area contributed by atoms with Crippen LogP contribution in [0.25, 0.3) is 0 Å². The molecule has 0 spiro atoms. The van der Waals surface area contributed by atoms with Crippen molar-refractivity contribution in [2.24, 2.45) is 0 Å². The maximum atomic E-state index is 13.0. The molecule has 0 saturated carbocycles. The topological polar surface area (TPSA) is 67.9 Å². The van der Waals surface area contributed by atoms with Crippen LogP contribution in [-0.4, -0.2) is 32.6 Å². The highest BCUT2D eigenvalue weighted by atomic mass is 16.5. The van der Waals surface area contributed by atoms with Crippen LogP contribution in [0.15, 0.2) is 66.7 Å². The molecule has 3 aromatic carbocycles. The number of fused-ring (bicyclic) bond motifs is 1. The Balaban J connectivity index is 1.47. The van der Waals surface area contributed by atoms with E-state index in [1.807, 2.05) is 36.4 Å². The zero-order chi connectivity index (χ0) is 21.8. The smallest absolute Gasteiger partial charge is 0.258 e. The Labute approximate surface area is 181 Å². The molecule has 0 unspecified atom stereocenters. The van der Waals surface area contributed by atoms with Crippen LogP contribution >= 0.6 is 0 Å². The van der Waals surface area contributed by atoms with Gasteiger partial charge in [-0.25, -0.2) is 0 Å². The number of benzene rings is 3. The third-order valence-corrected chi connectivity index (χ3v) is 5.44. The second kappa shape index (κ2) is 8.92. The second-order valence-corrected chi connectivity index (χ2v) is 7.31. The summed E-state index contributed by atoms with van der Waals surface area (Å²) in [5.41, 5.74) is 3.95. The van der Waals surface area contributed by atoms with Crippen LogP contribution in [-0.2, 0) is 13.0 Å². The van der Waals surface area contributed by atoms with Gasteiger partial charge in [0, 0.05) is 29.9 Å². The minimum absolute atomic E-state index is 0.0859. The number of anilines is 1. The van der Waals surface area contributed by atoms with E-state index in [2.05, 4.69) is 5.32 Å². The normalized spacial score (nSPS) is 12.3. The van der Waals surface area contributed by atoms with Gasteiger partial charge in [0.25, 0.3) is 11.8 Å². The van der Waals surface area contributed by atoms with E-state index in [4.69, 9.17) is 9.47 Å². The molecule has 31 heavy (non-hydrogen) atoms. The van der Waals surface area contributed by atoms with Gasteiger partial charge in [0.05, 0.1) is 14.2 Å². The number of ether oxygens (including phenoxy) is 2. The van der Waals surface area contributed by atoms with Crippen LogP contribution in [0.1, 0.15) is 31.8 Å². The van der Waals surface area contributed by atoms with Crippen molar-refractivity contribution in [3.63, 3.8) is 0 Å². The largest absolute Gasteiger partial charge is 0.497 e. The Morgan fingerprint density at radius 3 is 2.13 bits per heavy atom. The lowest BCUT2D eigenvalue weighted by molar-refractivity contribution is 0.0948. The molecule has 0 atom stereocenters. The van der Waals surface area contributed by atoms with Gasteiger partial charge >= 0.3 is 0 Å². The molecule has 0 aliphatic carbocycles. The van der Waals surface area contributed by atoms with Crippen LogP contribution in [0, 0.1) is 0 Å². The zero-order valence-electron chi connectivity index (χ0n) is 17.6. The molecule has 1 heterocycles. The summed E-state index contributed by atoms with van der Waals surface area (Å²) >= 11 is 0. The van der Waals surface area contributed by atoms with Crippen molar-refractivity contribution in [3.8, 4) is 11.5 Å². The molecule has 2 amide bonds. The molecule has 1 aliphatic heterocycles. The Morgan fingerprint density at radius 1 is 0.871 bits per heavy atom. The molecule has 4 rings (SSSR count). The van der Waals surface area contributed by atoms with Gasteiger partial charge in [-0.05, 0) is 66.1 Å². The van der Waals surface area contributed by atoms with E-state index in [0.29, 0.717) is 30.0 Å². The lowest BCUT2D eigenvalue weighted by Crippen LogP contribution is -2.29. The first kappa shape index (κ1) is 20.5. The third kappa shape index (κ3) is 4.38. The van der Waals surface area contributed by atoms with Crippen molar-refractivity contribution in [1.29, 1.82) is 0 Å². The third-order valence-electron chi connectivity index (χ3n) is 5.44. The van der Waals surface area contributed by atoms with E-state index in [0.717, 1.165) is 29.0 Å². The van der Waals surface area contributed by atoms with E-state index in [9.17, 15) is 9.59 Å². The zero-order valence-corrected chi connectivity index (χ0v) is 17.6. The first-order valence-corrected chi connectivity index (χ1v) is 10.1. The number of amides is 2. The summed E-state index contributed by atoms with van der Waals surface area (Å²) in [4.78, 5) is 27.5. The molecule has 6 nitrogen and oxygen atoms in total. The molecule has 1 N–H and O–H groups in total. The van der Waals surface area contributed by atoms with Gasteiger partial charge < -0.3 is 19.7 Å². The van der Waals surface area contributed by atoms with Crippen molar-refractivity contribution in [2.45, 2.75) is 13.0 Å². The summed E-state index contributed by atoms with van der Waals surface area (Å²) < 4.78 is 10.3. The summed E-state index contributed by atoms with van der Waals surface area (Å²) in [7, 11) is 3.21. The first-order valence-electron chi connectivity index (χ1n) is 10.1. The molecule has 158 valence electrons. The van der Waals surface area contributed by atoms with Crippen LogP contribution in [0.4, 0.5) is 5.69 Å². The summed E-state index contributed by atoms with van der Waals surface area (Å²) in [5.74, 6) is 1.21. The minimum Gasteiger partial charge on any atom is -0.497 e. The Bertz CT molecular complexity index is 1090. The molecule has 0 saturated heterocycles. The quantitative estimate of drug-likeness (QED) is 0.663. The number of hydrogen-bond donors (Lipinski definition) is 1. The molecular weight excluding hydrogens is 392 g/mol. The maximum Gasteiger partial charge on any atom is 0.258 e. The lowest BCUT2D eigenvalue weighted by Gasteiger charge is -2.18. The Hall–Kier alpha value is -3.80. The van der Waals surface area contributed by atoms with E-state index in [-0.39, 0.29) is 11.8 Å². The molecule has 0 fully saturated rings. The van der Waals surface area contributed by atoms with Crippen LogP contribution in [0.3, 0.4) is 0 Å². The van der Waals surface area contributed by atoms with Gasteiger partial charge in [0.1, 0.15) is 11.5 Å². The number of rotatable bonds is 6. The highest BCUT2D eigenvalue weighted by molar-refractivity contribution is 6.08. The van der Waals surface area contributed by atoms with Crippen LogP contribution < -0.4 is 19.7 Å². The molecule has 0 radical (unpaired) electrons. The monoisotopic (exact) mass is 416 g/mol. The van der Waals surface area contributed by atoms with Crippen molar-refractivity contribution in [3.05, 3.63) is 89.0 Å². The fourth-order valence-corrected chi connectivity index (χ4v) is 3.65. The van der Waals surface area contributed by atoms with E-state index in [1.165, 1.54) is 0 Å². The molecule has 6 heteroatoms. The summed E-state index contributed by atoms with van der Waals surface area (Å²) in [6.07, 6.45) is 0.769. The van der Waals surface area contributed by atoms with Gasteiger partial charge in [-0.3, -0.25) is 9.59 Å². The molecule has 3 aromatic rings. The molecule has 1 aliphatic rings. The van der Waals surface area contributed by atoms with Gasteiger partial charge in [0.15, 0.2) is 0 Å². The minimum atomic E-state index is -0.178. The number of carbonyl (C=O) groups is 2. The second-order valence-electron chi connectivity index (χ2n) is 7.31. The van der Waals surface area contributed by atoms with E-state index < -0.39 is 0 Å². The van der Waals surface area contributed by atoms with Gasteiger partial charge in [-0.1, -0.05) is 18.2 Å². The van der Waals surface area contributed by atoms with Crippen LogP contribution in [0.5, 0.6) is 11.5 Å².